The van der Waals surface area contributed by atoms with E-state index in [1.54, 1.807) is 0 Å². The monoisotopic (exact) mass is 247 g/mol. The summed E-state index contributed by atoms with van der Waals surface area (Å²) in [5, 5.41) is 0. The third-order valence-corrected chi connectivity index (χ3v) is 3.31. The molecule has 2 heteroatoms. The maximum atomic E-state index is 11.2. The first kappa shape index (κ1) is 14.9. The quantitative estimate of drug-likeness (QED) is 0.688. The Morgan fingerprint density at radius 1 is 1.28 bits per heavy atom. The first-order chi connectivity index (χ1) is 8.49. The van der Waals surface area contributed by atoms with Crippen LogP contribution in [0.2, 0.25) is 0 Å². The molecular weight excluding hydrogens is 222 g/mol. The summed E-state index contributed by atoms with van der Waals surface area (Å²) >= 11 is 0. The number of hydrogen-bond acceptors (Lipinski definition) is 2. The van der Waals surface area contributed by atoms with Gasteiger partial charge in [-0.2, -0.15) is 0 Å². The molecule has 0 saturated heterocycles. The summed E-state index contributed by atoms with van der Waals surface area (Å²) in [6.45, 7) is 7.99. The van der Waals surface area contributed by atoms with Crippen molar-refractivity contribution in [3.63, 3.8) is 0 Å². The number of hydrogen-bond donors (Lipinski definition) is 0. The minimum atomic E-state index is -0.214. The zero-order valence-corrected chi connectivity index (χ0v) is 12.1. The summed E-state index contributed by atoms with van der Waals surface area (Å²) in [4.78, 5) is 13.5. The van der Waals surface area contributed by atoms with Crippen molar-refractivity contribution in [1.82, 2.24) is 4.90 Å². The topological polar surface area (TPSA) is 20.3 Å². The smallest absolute Gasteiger partial charge is 0.127 e. The Morgan fingerprint density at radius 3 is 2.39 bits per heavy atom. The molecule has 1 rings (SSSR count). The van der Waals surface area contributed by atoms with Crippen LogP contribution in [0.25, 0.3) is 0 Å². The molecule has 0 aliphatic carbocycles. The van der Waals surface area contributed by atoms with Gasteiger partial charge in [-0.25, -0.2) is 0 Å². The van der Waals surface area contributed by atoms with Crippen molar-refractivity contribution in [3.8, 4) is 0 Å². The lowest BCUT2D eigenvalue weighted by molar-refractivity contribution is -0.116. The molecule has 1 atom stereocenters. The van der Waals surface area contributed by atoms with Crippen LogP contribution in [0, 0.1) is 12.3 Å². The zero-order valence-electron chi connectivity index (χ0n) is 12.1. The van der Waals surface area contributed by atoms with Crippen molar-refractivity contribution >= 4 is 6.29 Å². The highest BCUT2D eigenvalue weighted by Gasteiger charge is 2.24. The van der Waals surface area contributed by atoms with Crippen LogP contribution in [-0.4, -0.2) is 24.8 Å². The van der Waals surface area contributed by atoms with Crippen LogP contribution in [-0.2, 0) is 11.3 Å². The molecule has 0 aromatic heterocycles. The minimum absolute atomic E-state index is 0.214. The lowest BCUT2D eigenvalue weighted by Gasteiger charge is -2.28. The molecule has 0 saturated carbocycles. The number of carbonyl (C=O) groups is 1. The highest BCUT2D eigenvalue weighted by molar-refractivity contribution is 5.58. The molecule has 2 nitrogen and oxygen atoms in total. The Bertz CT molecular complexity index is 371. The summed E-state index contributed by atoms with van der Waals surface area (Å²) in [7, 11) is 2.08. The molecule has 0 radical (unpaired) electrons. The van der Waals surface area contributed by atoms with Crippen molar-refractivity contribution in [2.45, 2.75) is 40.2 Å². The standard InChI is InChI=1S/C16H25NO/c1-5-10-16(3,13-18)12-17(4)11-15-8-6-14(2)7-9-15/h6-9,13H,5,10-12H2,1-4H3. The molecule has 0 bridgehead atoms. The molecule has 1 aromatic rings. The summed E-state index contributed by atoms with van der Waals surface area (Å²) in [6, 6.07) is 8.58. The fraction of sp³-hybridized carbons (Fsp3) is 0.562. The first-order valence-electron chi connectivity index (χ1n) is 6.69. The van der Waals surface area contributed by atoms with E-state index in [1.807, 2.05) is 0 Å². The average molecular weight is 247 g/mol. The van der Waals surface area contributed by atoms with Gasteiger partial charge in [-0.15, -0.1) is 0 Å². The van der Waals surface area contributed by atoms with E-state index in [1.165, 1.54) is 11.1 Å². The molecule has 0 N–H and O–H groups in total. The lowest BCUT2D eigenvalue weighted by Crippen LogP contribution is -2.34. The van der Waals surface area contributed by atoms with Crippen molar-refractivity contribution < 1.29 is 4.79 Å². The fourth-order valence-corrected chi connectivity index (χ4v) is 2.42. The second-order valence-electron chi connectivity index (χ2n) is 5.68. The molecule has 0 heterocycles. The van der Waals surface area contributed by atoms with Gasteiger partial charge in [-0.3, -0.25) is 0 Å². The van der Waals surface area contributed by atoms with Crippen LogP contribution in [0.4, 0.5) is 0 Å². The molecule has 100 valence electrons. The predicted octanol–water partition coefficient (Wildman–Crippen LogP) is 3.43. The van der Waals surface area contributed by atoms with Crippen molar-refractivity contribution in [3.05, 3.63) is 35.4 Å². The van der Waals surface area contributed by atoms with Gasteiger partial charge in [0.05, 0.1) is 0 Å². The second kappa shape index (κ2) is 6.69. The number of aryl methyl sites for hydroxylation is 1. The summed E-state index contributed by atoms with van der Waals surface area (Å²) in [5.41, 5.74) is 2.37. The summed E-state index contributed by atoms with van der Waals surface area (Å²) < 4.78 is 0. The van der Waals surface area contributed by atoms with E-state index >= 15 is 0 Å². The molecule has 18 heavy (non-hydrogen) atoms. The third kappa shape index (κ3) is 4.61. The third-order valence-electron chi connectivity index (χ3n) is 3.31. The number of carbonyl (C=O) groups excluding carboxylic acids is 1. The van der Waals surface area contributed by atoms with E-state index in [-0.39, 0.29) is 5.41 Å². The normalized spacial score (nSPS) is 14.5. The Hall–Kier alpha value is -1.15. The number of rotatable bonds is 7. The van der Waals surface area contributed by atoms with Crippen molar-refractivity contribution in [2.24, 2.45) is 5.41 Å². The van der Waals surface area contributed by atoms with Gasteiger partial charge in [0.15, 0.2) is 0 Å². The van der Waals surface area contributed by atoms with Crippen LogP contribution < -0.4 is 0 Å². The SMILES string of the molecule is CCCC(C)(C=O)CN(C)Cc1ccc(C)cc1. The highest BCUT2D eigenvalue weighted by atomic mass is 16.1. The zero-order chi connectivity index (χ0) is 13.6. The van der Waals surface area contributed by atoms with Gasteiger partial charge in [-0.05, 0) is 26.0 Å². The molecule has 1 aromatic carbocycles. The largest absolute Gasteiger partial charge is 0.303 e. The van der Waals surface area contributed by atoms with Crippen LogP contribution in [0.1, 0.15) is 37.8 Å². The van der Waals surface area contributed by atoms with Gasteiger partial charge in [0.1, 0.15) is 6.29 Å². The predicted molar refractivity (Wildman–Crippen MR) is 76.6 cm³/mol. The van der Waals surface area contributed by atoms with E-state index < -0.39 is 0 Å². The maximum Gasteiger partial charge on any atom is 0.127 e. The van der Waals surface area contributed by atoms with Crippen molar-refractivity contribution in [2.75, 3.05) is 13.6 Å². The average Bonchev–Trinajstić information content (AvgIpc) is 2.32. The van der Waals surface area contributed by atoms with Crippen LogP contribution in [0.3, 0.4) is 0 Å². The van der Waals surface area contributed by atoms with E-state index in [0.29, 0.717) is 0 Å². The Morgan fingerprint density at radius 2 is 1.89 bits per heavy atom. The number of benzene rings is 1. The van der Waals surface area contributed by atoms with Crippen LogP contribution in [0.5, 0.6) is 0 Å². The second-order valence-corrected chi connectivity index (χ2v) is 5.68. The maximum absolute atomic E-state index is 11.2. The van der Waals surface area contributed by atoms with Crippen molar-refractivity contribution in [1.29, 1.82) is 0 Å². The molecule has 0 aliphatic rings. The highest BCUT2D eigenvalue weighted by Crippen LogP contribution is 2.22. The molecular formula is C16H25NO. The van der Waals surface area contributed by atoms with E-state index in [2.05, 4.69) is 57.0 Å². The van der Waals surface area contributed by atoms with Gasteiger partial charge in [-0.1, -0.05) is 50.1 Å². The number of nitrogens with zero attached hydrogens (tertiary/aromatic N) is 1. The van der Waals surface area contributed by atoms with Crippen LogP contribution in [0.15, 0.2) is 24.3 Å². The van der Waals surface area contributed by atoms with Gasteiger partial charge in [0, 0.05) is 18.5 Å². The van der Waals surface area contributed by atoms with E-state index in [4.69, 9.17) is 0 Å². The first-order valence-corrected chi connectivity index (χ1v) is 6.69. The molecule has 0 aliphatic heterocycles. The molecule has 0 fully saturated rings. The van der Waals surface area contributed by atoms with E-state index in [9.17, 15) is 4.79 Å². The molecule has 0 spiro atoms. The minimum Gasteiger partial charge on any atom is -0.303 e. The fourth-order valence-electron chi connectivity index (χ4n) is 2.42. The summed E-state index contributed by atoms with van der Waals surface area (Å²) in [6.07, 6.45) is 3.12. The van der Waals surface area contributed by atoms with Gasteiger partial charge in [0.25, 0.3) is 0 Å². The number of aldehydes is 1. The molecule has 1 unspecified atom stereocenters. The Labute approximate surface area is 111 Å². The Balaban J connectivity index is 2.57. The molecule has 0 amide bonds. The van der Waals surface area contributed by atoms with Gasteiger partial charge < -0.3 is 9.69 Å². The van der Waals surface area contributed by atoms with Gasteiger partial charge >= 0.3 is 0 Å². The van der Waals surface area contributed by atoms with Gasteiger partial charge in [0.2, 0.25) is 0 Å². The van der Waals surface area contributed by atoms with E-state index in [0.717, 1.165) is 32.2 Å². The van der Waals surface area contributed by atoms with Crippen LogP contribution >= 0.6 is 0 Å². The lowest BCUT2D eigenvalue weighted by atomic mass is 9.87. The summed E-state index contributed by atoms with van der Waals surface area (Å²) in [5.74, 6) is 0. The Kier molecular flexibility index (Phi) is 5.54.